The molecule has 0 spiro atoms. The van der Waals surface area contributed by atoms with Crippen molar-refractivity contribution in [2.45, 2.75) is 19.8 Å². The number of benzene rings is 1. The SMILES string of the molecule is CCCCNC(=O)/C(C#N)=C\Nc1cccc(C(=O)O)c1. The molecule has 6 heteroatoms. The van der Waals surface area contributed by atoms with Gasteiger partial charge in [-0.2, -0.15) is 5.26 Å². The van der Waals surface area contributed by atoms with E-state index in [1.54, 1.807) is 18.2 Å². The van der Waals surface area contributed by atoms with Crippen LogP contribution in [-0.2, 0) is 4.79 Å². The zero-order valence-electron chi connectivity index (χ0n) is 11.7. The van der Waals surface area contributed by atoms with E-state index in [4.69, 9.17) is 10.4 Å². The maximum Gasteiger partial charge on any atom is 0.335 e. The summed E-state index contributed by atoms with van der Waals surface area (Å²) >= 11 is 0. The quantitative estimate of drug-likeness (QED) is 0.405. The largest absolute Gasteiger partial charge is 0.478 e. The topological polar surface area (TPSA) is 102 Å². The molecule has 3 N–H and O–H groups in total. The molecule has 1 aromatic rings. The first kappa shape index (κ1) is 16.2. The first-order chi connectivity index (χ1) is 10.1. The molecule has 0 aliphatic rings. The summed E-state index contributed by atoms with van der Waals surface area (Å²) in [5.74, 6) is -1.49. The lowest BCUT2D eigenvalue weighted by molar-refractivity contribution is -0.117. The Morgan fingerprint density at radius 3 is 2.81 bits per heavy atom. The van der Waals surface area contributed by atoms with Gasteiger partial charge in [0.15, 0.2) is 0 Å². The number of anilines is 1. The number of unbranched alkanes of at least 4 members (excludes halogenated alkanes) is 1. The van der Waals surface area contributed by atoms with Crippen molar-refractivity contribution in [1.82, 2.24) is 5.32 Å². The van der Waals surface area contributed by atoms with E-state index in [-0.39, 0.29) is 11.1 Å². The van der Waals surface area contributed by atoms with Gasteiger partial charge in [-0.1, -0.05) is 19.4 Å². The third-order valence-corrected chi connectivity index (χ3v) is 2.67. The van der Waals surface area contributed by atoms with Crippen molar-refractivity contribution >= 4 is 17.6 Å². The van der Waals surface area contributed by atoms with Crippen molar-refractivity contribution in [3.8, 4) is 6.07 Å². The van der Waals surface area contributed by atoms with E-state index in [0.717, 1.165) is 12.8 Å². The molecule has 1 aromatic carbocycles. The Hall–Kier alpha value is -2.81. The molecule has 0 radical (unpaired) electrons. The van der Waals surface area contributed by atoms with Gasteiger partial charge >= 0.3 is 5.97 Å². The number of rotatable bonds is 7. The molecule has 0 atom stereocenters. The molecule has 1 rings (SSSR count). The molecule has 110 valence electrons. The van der Waals surface area contributed by atoms with Crippen LogP contribution in [0.4, 0.5) is 5.69 Å². The van der Waals surface area contributed by atoms with Crippen LogP contribution in [0.15, 0.2) is 36.0 Å². The number of hydrogen-bond donors (Lipinski definition) is 3. The number of nitrogens with zero attached hydrogens (tertiary/aromatic N) is 1. The van der Waals surface area contributed by atoms with E-state index >= 15 is 0 Å². The van der Waals surface area contributed by atoms with Crippen molar-refractivity contribution < 1.29 is 14.7 Å². The van der Waals surface area contributed by atoms with Crippen LogP contribution in [-0.4, -0.2) is 23.5 Å². The van der Waals surface area contributed by atoms with Gasteiger partial charge in [0.05, 0.1) is 5.56 Å². The van der Waals surface area contributed by atoms with Crippen LogP contribution in [0, 0.1) is 11.3 Å². The average Bonchev–Trinajstić information content (AvgIpc) is 2.48. The molecule has 0 bridgehead atoms. The second kappa shape index (κ2) is 8.38. The third-order valence-electron chi connectivity index (χ3n) is 2.67. The van der Waals surface area contributed by atoms with Crippen molar-refractivity contribution in [3.63, 3.8) is 0 Å². The smallest absolute Gasteiger partial charge is 0.335 e. The van der Waals surface area contributed by atoms with E-state index in [0.29, 0.717) is 12.2 Å². The molecular weight excluding hydrogens is 270 g/mol. The Balaban J connectivity index is 2.72. The Bertz CT molecular complexity index is 588. The predicted molar refractivity (Wildman–Crippen MR) is 78.6 cm³/mol. The maximum atomic E-state index is 11.7. The van der Waals surface area contributed by atoms with Crippen LogP contribution in [0.3, 0.4) is 0 Å². The van der Waals surface area contributed by atoms with Gasteiger partial charge in [-0.3, -0.25) is 4.79 Å². The zero-order valence-corrected chi connectivity index (χ0v) is 11.7. The van der Waals surface area contributed by atoms with E-state index in [1.807, 2.05) is 6.92 Å². The second-order valence-electron chi connectivity index (χ2n) is 4.31. The molecular formula is C15H17N3O3. The number of nitriles is 1. The minimum absolute atomic E-state index is 0.0631. The number of nitrogens with one attached hydrogen (secondary N) is 2. The first-order valence-electron chi connectivity index (χ1n) is 6.56. The number of carbonyl (C=O) groups is 2. The zero-order chi connectivity index (χ0) is 15.7. The highest BCUT2D eigenvalue weighted by atomic mass is 16.4. The molecule has 0 aliphatic carbocycles. The number of carbonyl (C=O) groups excluding carboxylic acids is 1. The standard InChI is InChI=1S/C15H17N3O3/c1-2-3-7-17-14(19)12(9-16)10-18-13-6-4-5-11(8-13)15(20)21/h4-6,8,10,18H,2-3,7H2,1H3,(H,17,19)(H,20,21)/b12-10-. The Kier molecular flexibility index (Phi) is 6.48. The van der Waals surface area contributed by atoms with Gasteiger partial charge in [-0.25, -0.2) is 4.79 Å². The van der Waals surface area contributed by atoms with Crippen molar-refractivity contribution in [1.29, 1.82) is 5.26 Å². The fourth-order valence-corrected chi connectivity index (χ4v) is 1.52. The fourth-order valence-electron chi connectivity index (χ4n) is 1.52. The fraction of sp³-hybridized carbons (Fsp3) is 0.267. The van der Waals surface area contributed by atoms with Crippen LogP contribution in [0.5, 0.6) is 0 Å². The number of hydrogen-bond acceptors (Lipinski definition) is 4. The van der Waals surface area contributed by atoms with Crippen LogP contribution in [0.1, 0.15) is 30.1 Å². The molecule has 0 saturated carbocycles. The predicted octanol–water partition coefficient (Wildman–Crippen LogP) is 2.12. The van der Waals surface area contributed by atoms with Crippen LogP contribution >= 0.6 is 0 Å². The van der Waals surface area contributed by atoms with E-state index in [1.165, 1.54) is 18.3 Å². The maximum absolute atomic E-state index is 11.7. The van der Waals surface area contributed by atoms with Gasteiger partial charge in [-0.15, -0.1) is 0 Å². The summed E-state index contributed by atoms with van der Waals surface area (Å²) in [7, 11) is 0. The normalized spacial score (nSPS) is 10.6. The van der Waals surface area contributed by atoms with Gasteiger partial charge in [0.25, 0.3) is 5.91 Å². The van der Waals surface area contributed by atoms with Gasteiger partial charge in [0.2, 0.25) is 0 Å². The minimum Gasteiger partial charge on any atom is -0.478 e. The van der Waals surface area contributed by atoms with Crippen molar-refractivity contribution in [2.24, 2.45) is 0 Å². The highest BCUT2D eigenvalue weighted by molar-refractivity contribution is 5.97. The van der Waals surface area contributed by atoms with Crippen molar-refractivity contribution in [3.05, 3.63) is 41.6 Å². The first-order valence-corrected chi connectivity index (χ1v) is 6.56. The Labute approximate surface area is 123 Å². The lowest BCUT2D eigenvalue weighted by Crippen LogP contribution is -2.25. The molecule has 1 amide bonds. The lowest BCUT2D eigenvalue weighted by atomic mass is 10.2. The van der Waals surface area contributed by atoms with Gasteiger partial charge in [-0.05, 0) is 24.6 Å². The summed E-state index contributed by atoms with van der Waals surface area (Å²) in [4.78, 5) is 22.6. The molecule has 0 aromatic heterocycles. The van der Waals surface area contributed by atoms with E-state index in [2.05, 4.69) is 10.6 Å². The molecule has 21 heavy (non-hydrogen) atoms. The number of carboxylic acid groups (broad SMARTS) is 1. The van der Waals surface area contributed by atoms with Gasteiger partial charge < -0.3 is 15.7 Å². The summed E-state index contributed by atoms with van der Waals surface area (Å²) in [6.07, 6.45) is 3.06. The summed E-state index contributed by atoms with van der Waals surface area (Å²) in [5.41, 5.74) is 0.551. The number of carboxylic acids is 1. The molecule has 0 saturated heterocycles. The average molecular weight is 287 g/mol. The second-order valence-corrected chi connectivity index (χ2v) is 4.31. The molecule has 6 nitrogen and oxygen atoms in total. The number of amides is 1. The molecule has 0 fully saturated rings. The van der Waals surface area contributed by atoms with Gasteiger partial charge in [0.1, 0.15) is 11.6 Å². The Morgan fingerprint density at radius 2 is 2.19 bits per heavy atom. The van der Waals surface area contributed by atoms with Crippen LogP contribution in [0.25, 0.3) is 0 Å². The third kappa shape index (κ3) is 5.37. The Morgan fingerprint density at radius 1 is 1.43 bits per heavy atom. The number of aromatic carboxylic acids is 1. The van der Waals surface area contributed by atoms with Crippen LogP contribution < -0.4 is 10.6 Å². The molecule has 0 unspecified atom stereocenters. The monoisotopic (exact) mass is 287 g/mol. The lowest BCUT2D eigenvalue weighted by Gasteiger charge is -2.05. The summed E-state index contributed by atoms with van der Waals surface area (Å²) in [5, 5.41) is 23.2. The molecule has 0 aliphatic heterocycles. The molecule has 0 heterocycles. The van der Waals surface area contributed by atoms with Crippen molar-refractivity contribution in [2.75, 3.05) is 11.9 Å². The van der Waals surface area contributed by atoms with Gasteiger partial charge in [0, 0.05) is 18.4 Å². The summed E-state index contributed by atoms with van der Waals surface area (Å²) in [6.45, 7) is 2.52. The van der Waals surface area contributed by atoms with E-state index < -0.39 is 11.9 Å². The highest BCUT2D eigenvalue weighted by Gasteiger charge is 2.08. The summed E-state index contributed by atoms with van der Waals surface area (Å²) in [6, 6.07) is 7.91. The highest BCUT2D eigenvalue weighted by Crippen LogP contribution is 2.11. The minimum atomic E-state index is -1.04. The summed E-state index contributed by atoms with van der Waals surface area (Å²) < 4.78 is 0. The van der Waals surface area contributed by atoms with Crippen LogP contribution in [0.2, 0.25) is 0 Å². The van der Waals surface area contributed by atoms with E-state index in [9.17, 15) is 9.59 Å².